The van der Waals surface area contributed by atoms with Gasteiger partial charge in [0.1, 0.15) is 22.5 Å². The number of rotatable bonds is 0. The Kier molecular flexibility index (Phi) is 6.14. The summed E-state index contributed by atoms with van der Waals surface area (Å²) < 4.78 is 0. The van der Waals surface area contributed by atoms with Gasteiger partial charge in [-0.05, 0) is 86.3 Å². The Morgan fingerprint density at radius 2 is 1.04 bits per heavy atom. The summed E-state index contributed by atoms with van der Waals surface area (Å²) in [7, 11) is 0. The van der Waals surface area contributed by atoms with Crippen molar-refractivity contribution in [1.29, 1.82) is 0 Å². The monoisotopic (exact) mass is 357 g/mol. The molecule has 0 bridgehead atoms. The quantitative estimate of drug-likeness (QED) is 0.437. The van der Waals surface area contributed by atoms with E-state index >= 15 is 0 Å². The van der Waals surface area contributed by atoms with E-state index in [1.54, 1.807) is 24.5 Å². The first-order valence-electron chi connectivity index (χ1n) is 8.46. The molecule has 136 valence electrons. The van der Waals surface area contributed by atoms with Gasteiger partial charge in [0.15, 0.2) is 0 Å². The molecule has 0 unspecified atom stereocenters. The Morgan fingerprint density at radius 3 is 1.41 bits per heavy atom. The first-order valence-corrected chi connectivity index (χ1v) is 8.46. The van der Waals surface area contributed by atoms with Crippen LogP contribution in [0.3, 0.4) is 0 Å². The Hall–Kier alpha value is -2.97. The molecule has 0 amide bonds. The van der Waals surface area contributed by atoms with Crippen LogP contribution in [0.2, 0.25) is 0 Å². The van der Waals surface area contributed by atoms with E-state index in [1.165, 1.54) is 0 Å². The Labute approximate surface area is 165 Å². The molecule has 4 aromatic rings. The van der Waals surface area contributed by atoms with Gasteiger partial charge in [-0.1, -0.05) is 0 Å². The van der Waals surface area contributed by atoms with E-state index in [0.29, 0.717) is 11.0 Å². The summed E-state index contributed by atoms with van der Waals surface area (Å²) in [6, 6.07) is 11.4. The van der Waals surface area contributed by atoms with Gasteiger partial charge in [-0.25, -0.2) is 0 Å². The fraction of sp³-hybridized carbons (Fsp3) is 0.182. The van der Waals surface area contributed by atoms with Gasteiger partial charge in [-0.3, -0.25) is 9.97 Å². The van der Waals surface area contributed by atoms with Gasteiger partial charge in [0.2, 0.25) is 0 Å². The summed E-state index contributed by atoms with van der Waals surface area (Å²) in [5, 5.41) is 21.3. The fourth-order valence-corrected chi connectivity index (χ4v) is 3.02. The molecule has 4 nitrogen and oxygen atoms in total. The third-order valence-corrected chi connectivity index (χ3v) is 4.37. The summed E-state index contributed by atoms with van der Waals surface area (Å²) in [6.07, 6.45) is 3.43. The zero-order chi connectivity index (χ0) is 18.8. The minimum atomic E-state index is 0. The van der Waals surface area contributed by atoms with Gasteiger partial charge in [0.05, 0.1) is 0 Å². The molecule has 5 heteroatoms. The van der Waals surface area contributed by atoms with Crippen molar-refractivity contribution < 1.29 is 13.1 Å². The van der Waals surface area contributed by atoms with Crippen LogP contribution in [0.5, 0.6) is 11.5 Å². The minimum Gasteiger partial charge on any atom is -1.00 e. The molecule has 0 aliphatic heterocycles. The van der Waals surface area contributed by atoms with Crippen LogP contribution in [0.1, 0.15) is 25.1 Å². The van der Waals surface area contributed by atoms with Crippen molar-refractivity contribution in [1.82, 2.24) is 9.97 Å². The number of nitrogens with zero attached hydrogens (tertiary/aromatic N) is 2. The molecule has 4 rings (SSSR count). The maximum atomic E-state index is 9.61. The molecule has 0 saturated heterocycles. The molecular weight excluding hydrogens is 333 g/mol. The molecule has 0 atom stereocenters. The average molecular weight is 357 g/mol. The number of pyridine rings is 2. The third-order valence-electron chi connectivity index (χ3n) is 4.37. The first-order chi connectivity index (χ1) is 12.4. The van der Waals surface area contributed by atoms with Gasteiger partial charge in [-0.2, -0.15) is 0 Å². The summed E-state index contributed by atoms with van der Waals surface area (Å²) in [6.45, 7) is 7.96. The predicted octanol–water partition coefficient (Wildman–Crippen LogP) is 4.96. The summed E-state index contributed by atoms with van der Waals surface area (Å²) in [5.74, 6) is 0.525. The van der Waals surface area contributed by atoms with Crippen LogP contribution < -0.4 is 0 Å². The standard InChI is InChI=1S/2C11H11NO.Be.2H/c2*1-7-5-9-8(2)3-4-12-11(9)10(13)6-7;;;/h2*3-6,13H,1-2H3;;;/q;;+2;2*-1. The van der Waals surface area contributed by atoms with E-state index in [2.05, 4.69) is 9.97 Å². The van der Waals surface area contributed by atoms with Crippen molar-refractivity contribution in [3.05, 3.63) is 71.0 Å². The van der Waals surface area contributed by atoms with Crippen molar-refractivity contribution in [2.45, 2.75) is 27.7 Å². The number of hydrogen-bond donors (Lipinski definition) is 2. The molecule has 0 spiro atoms. The zero-order valence-corrected chi connectivity index (χ0v) is 16.1. The molecule has 2 heterocycles. The maximum absolute atomic E-state index is 9.61. The number of fused-ring (bicyclic) bond motifs is 2. The average Bonchev–Trinajstić information content (AvgIpc) is 2.57. The summed E-state index contributed by atoms with van der Waals surface area (Å²) in [4.78, 5) is 8.27. The van der Waals surface area contributed by atoms with E-state index in [9.17, 15) is 10.2 Å². The number of hydrogen-bond acceptors (Lipinski definition) is 4. The number of aryl methyl sites for hydroxylation is 4. The Balaban J connectivity index is 0.000000490. The van der Waals surface area contributed by atoms with Crippen molar-refractivity contribution in [2.24, 2.45) is 0 Å². The number of phenolic OH excluding ortho intramolecular Hbond substituents is 2. The number of phenols is 2. The summed E-state index contributed by atoms with van der Waals surface area (Å²) in [5.41, 5.74) is 5.77. The molecule has 0 radical (unpaired) electrons. The van der Waals surface area contributed by atoms with Gasteiger partial charge < -0.3 is 13.1 Å². The Morgan fingerprint density at radius 1 is 0.667 bits per heavy atom. The number of benzene rings is 2. The van der Waals surface area contributed by atoms with Crippen molar-refractivity contribution in [3.63, 3.8) is 0 Å². The second kappa shape index (κ2) is 8.15. The van der Waals surface area contributed by atoms with Crippen molar-refractivity contribution in [3.8, 4) is 11.5 Å². The second-order valence-electron chi connectivity index (χ2n) is 6.62. The molecule has 0 saturated carbocycles. The van der Waals surface area contributed by atoms with Gasteiger partial charge in [0, 0.05) is 23.2 Å². The number of aromatic hydroxyl groups is 2. The number of aromatic nitrogens is 2. The van der Waals surface area contributed by atoms with Crippen LogP contribution in [0.15, 0.2) is 48.8 Å². The largest absolute Gasteiger partial charge is 2.00 e. The van der Waals surface area contributed by atoms with E-state index < -0.39 is 0 Å². The zero-order valence-electron chi connectivity index (χ0n) is 18.1. The van der Waals surface area contributed by atoms with Crippen LogP contribution in [-0.2, 0) is 0 Å². The van der Waals surface area contributed by atoms with Gasteiger partial charge in [-0.15, -0.1) is 0 Å². The van der Waals surface area contributed by atoms with Crippen LogP contribution in [0.4, 0.5) is 0 Å². The second-order valence-corrected chi connectivity index (χ2v) is 6.62. The molecule has 0 aliphatic rings. The SMILES string of the molecule is Cc1cc(O)c2nccc(C)c2c1.Cc1cc(O)c2nccc(C)c2c1.[Be+2].[H-].[H-]. The summed E-state index contributed by atoms with van der Waals surface area (Å²) >= 11 is 0. The molecule has 2 N–H and O–H groups in total. The van der Waals surface area contributed by atoms with Crippen molar-refractivity contribution in [2.75, 3.05) is 0 Å². The molecular formula is C22H24BeN2O2. The maximum Gasteiger partial charge on any atom is 2.00 e. The van der Waals surface area contributed by atoms with Gasteiger partial charge >= 0.3 is 10.1 Å². The molecule has 0 aliphatic carbocycles. The van der Waals surface area contributed by atoms with Crippen molar-refractivity contribution >= 4 is 31.9 Å². The molecule has 27 heavy (non-hydrogen) atoms. The molecule has 2 aromatic heterocycles. The smallest absolute Gasteiger partial charge is 1.00 e. The molecule has 2 aromatic carbocycles. The third kappa shape index (κ3) is 4.24. The van der Waals surface area contributed by atoms with E-state index in [1.807, 2.05) is 52.0 Å². The van der Waals surface area contributed by atoms with Crippen LogP contribution in [0, 0.1) is 27.7 Å². The first kappa shape index (κ1) is 20.3. The minimum absolute atomic E-state index is 0. The van der Waals surface area contributed by atoms with Crippen LogP contribution in [-0.4, -0.2) is 30.3 Å². The predicted molar refractivity (Wildman–Crippen MR) is 114 cm³/mol. The van der Waals surface area contributed by atoms with E-state index in [-0.39, 0.29) is 24.5 Å². The normalized spacial score (nSPS) is 10.2. The van der Waals surface area contributed by atoms with E-state index in [4.69, 9.17) is 0 Å². The van der Waals surface area contributed by atoms with Gasteiger partial charge in [0.25, 0.3) is 0 Å². The van der Waals surface area contributed by atoms with Crippen LogP contribution in [0.25, 0.3) is 21.8 Å². The molecule has 0 fully saturated rings. The fourth-order valence-electron chi connectivity index (χ4n) is 3.02. The Bertz CT molecular complexity index is 1030. The van der Waals surface area contributed by atoms with Crippen LogP contribution >= 0.6 is 0 Å². The topological polar surface area (TPSA) is 66.2 Å². The van der Waals surface area contributed by atoms with E-state index in [0.717, 1.165) is 33.0 Å².